The molecule has 0 bridgehead atoms. The van der Waals surface area contributed by atoms with Gasteiger partial charge in [-0.3, -0.25) is 4.79 Å². The minimum Gasteiger partial charge on any atom is -0.352 e. The molecule has 1 rings (SSSR count). The van der Waals surface area contributed by atoms with E-state index in [0.717, 1.165) is 17.7 Å². The zero-order valence-corrected chi connectivity index (χ0v) is 12.9. The summed E-state index contributed by atoms with van der Waals surface area (Å²) in [5, 5.41) is 3.66. The summed E-state index contributed by atoms with van der Waals surface area (Å²) in [6.45, 7) is 1.97. The lowest BCUT2D eigenvalue weighted by molar-refractivity contribution is -0.122. The van der Waals surface area contributed by atoms with Crippen molar-refractivity contribution in [1.29, 1.82) is 0 Å². The third-order valence-electron chi connectivity index (χ3n) is 2.79. The highest BCUT2D eigenvalue weighted by atomic mass is 35.5. The van der Waals surface area contributed by atoms with Crippen molar-refractivity contribution in [2.24, 2.45) is 5.73 Å². The van der Waals surface area contributed by atoms with Crippen molar-refractivity contribution in [2.45, 2.75) is 31.8 Å². The van der Waals surface area contributed by atoms with Gasteiger partial charge in [0.05, 0.1) is 6.04 Å². The molecule has 0 heterocycles. The summed E-state index contributed by atoms with van der Waals surface area (Å²) < 4.78 is 0. The second-order valence-electron chi connectivity index (χ2n) is 4.63. The lowest BCUT2D eigenvalue weighted by Gasteiger charge is -2.17. The van der Waals surface area contributed by atoms with E-state index in [1.807, 2.05) is 37.4 Å². The number of thioether (sulfide) groups is 1. The number of rotatable bonds is 7. The van der Waals surface area contributed by atoms with Gasteiger partial charge in [0.15, 0.2) is 0 Å². The largest absolute Gasteiger partial charge is 0.352 e. The van der Waals surface area contributed by atoms with Crippen molar-refractivity contribution < 1.29 is 4.79 Å². The highest BCUT2D eigenvalue weighted by molar-refractivity contribution is 7.98. The number of carbonyl (C=O) groups is 1. The number of benzene rings is 1. The van der Waals surface area contributed by atoms with Crippen molar-refractivity contribution in [3.8, 4) is 0 Å². The molecule has 106 valence electrons. The summed E-state index contributed by atoms with van der Waals surface area (Å²) in [5.41, 5.74) is 6.93. The molecule has 3 nitrogen and oxygen atoms in total. The van der Waals surface area contributed by atoms with Crippen LogP contribution in [0.25, 0.3) is 0 Å². The van der Waals surface area contributed by atoms with Crippen LogP contribution in [0.4, 0.5) is 0 Å². The first-order valence-electron chi connectivity index (χ1n) is 6.32. The summed E-state index contributed by atoms with van der Waals surface area (Å²) in [4.78, 5) is 11.8. The van der Waals surface area contributed by atoms with E-state index >= 15 is 0 Å². The van der Waals surface area contributed by atoms with Crippen LogP contribution in [0.5, 0.6) is 0 Å². The van der Waals surface area contributed by atoms with Gasteiger partial charge in [-0.1, -0.05) is 23.7 Å². The molecule has 5 heteroatoms. The Hall–Kier alpha value is -0.710. The SMILES string of the molecule is CSCC[C@@H](N)C(=O)NC(C)Cc1cccc(Cl)c1. The van der Waals surface area contributed by atoms with Crippen molar-refractivity contribution >= 4 is 29.3 Å². The van der Waals surface area contributed by atoms with Crippen molar-refractivity contribution in [3.63, 3.8) is 0 Å². The van der Waals surface area contributed by atoms with Gasteiger partial charge in [0.1, 0.15) is 0 Å². The van der Waals surface area contributed by atoms with Crippen molar-refractivity contribution in [3.05, 3.63) is 34.9 Å². The molecule has 0 aliphatic carbocycles. The molecule has 0 saturated carbocycles. The Morgan fingerprint density at radius 2 is 2.26 bits per heavy atom. The van der Waals surface area contributed by atoms with Gasteiger partial charge >= 0.3 is 0 Å². The zero-order chi connectivity index (χ0) is 14.3. The first kappa shape index (κ1) is 16.3. The number of carbonyl (C=O) groups excluding carboxylic acids is 1. The maximum Gasteiger partial charge on any atom is 0.237 e. The molecule has 0 aliphatic rings. The molecule has 3 N–H and O–H groups in total. The summed E-state index contributed by atoms with van der Waals surface area (Å²) in [6.07, 6.45) is 3.46. The molecule has 0 spiro atoms. The highest BCUT2D eigenvalue weighted by Crippen LogP contribution is 2.12. The first-order valence-corrected chi connectivity index (χ1v) is 8.09. The standard InChI is InChI=1S/C14H21ClN2OS/c1-10(8-11-4-3-5-12(15)9-11)17-14(18)13(16)6-7-19-2/h3-5,9-10,13H,6-8,16H2,1-2H3,(H,17,18)/t10?,13-/m1/s1. The van der Waals surface area contributed by atoms with Crippen LogP contribution in [0, 0.1) is 0 Å². The Morgan fingerprint density at radius 3 is 2.89 bits per heavy atom. The average Bonchev–Trinajstić information content (AvgIpc) is 2.35. The van der Waals surface area contributed by atoms with E-state index in [-0.39, 0.29) is 11.9 Å². The van der Waals surface area contributed by atoms with Crippen LogP contribution in [0.15, 0.2) is 24.3 Å². The second-order valence-corrected chi connectivity index (χ2v) is 6.05. The predicted octanol–water partition coefficient (Wildman–Crippen LogP) is 2.47. The van der Waals surface area contributed by atoms with Crippen LogP contribution in [-0.4, -0.2) is 30.0 Å². The third kappa shape index (κ3) is 6.32. The van der Waals surface area contributed by atoms with Gasteiger partial charge in [-0.25, -0.2) is 0 Å². The van der Waals surface area contributed by atoms with E-state index in [2.05, 4.69) is 5.32 Å². The van der Waals surface area contributed by atoms with Gasteiger partial charge in [-0.05, 0) is 49.5 Å². The fourth-order valence-corrected chi connectivity index (χ4v) is 2.50. The molecule has 1 aromatic carbocycles. The van der Waals surface area contributed by atoms with Crippen LogP contribution >= 0.6 is 23.4 Å². The van der Waals surface area contributed by atoms with Gasteiger partial charge in [0, 0.05) is 11.1 Å². The molecule has 0 aromatic heterocycles. The van der Waals surface area contributed by atoms with E-state index in [9.17, 15) is 4.79 Å². The van der Waals surface area contributed by atoms with Crippen molar-refractivity contribution in [2.75, 3.05) is 12.0 Å². The Bertz CT molecular complexity index is 414. The highest BCUT2D eigenvalue weighted by Gasteiger charge is 2.15. The van der Waals surface area contributed by atoms with Crippen molar-refractivity contribution in [1.82, 2.24) is 5.32 Å². The topological polar surface area (TPSA) is 55.1 Å². The summed E-state index contributed by atoms with van der Waals surface area (Å²) >= 11 is 7.63. The maximum atomic E-state index is 11.8. The minimum atomic E-state index is -0.422. The van der Waals surface area contributed by atoms with Gasteiger partial charge in [0.2, 0.25) is 5.91 Å². The van der Waals surface area contributed by atoms with E-state index in [4.69, 9.17) is 17.3 Å². The number of hydrogen-bond acceptors (Lipinski definition) is 3. The molecule has 0 aliphatic heterocycles. The molecule has 2 atom stereocenters. The molecule has 0 saturated heterocycles. The Morgan fingerprint density at radius 1 is 1.53 bits per heavy atom. The van der Waals surface area contributed by atoms with Crippen LogP contribution in [-0.2, 0) is 11.2 Å². The lowest BCUT2D eigenvalue weighted by atomic mass is 10.1. The number of nitrogens with one attached hydrogen (secondary N) is 1. The monoisotopic (exact) mass is 300 g/mol. The number of halogens is 1. The number of nitrogens with two attached hydrogens (primary N) is 1. The molecule has 1 amide bonds. The molecular weight excluding hydrogens is 280 g/mol. The van der Waals surface area contributed by atoms with E-state index in [1.165, 1.54) is 0 Å². The number of hydrogen-bond donors (Lipinski definition) is 2. The predicted molar refractivity (Wildman–Crippen MR) is 83.7 cm³/mol. The Kier molecular flexibility index (Phi) is 7.28. The smallest absolute Gasteiger partial charge is 0.237 e. The summed E-state index contributed by atoms with van der Waals surface area (Å²) in [5.74, 6) is 0.820. The maximum absolute atomic E-state index is 11.8. The minimum absolute atomic E-state index is 0.0475. The lowest BCUT2D eigenvalue weighted by Crippen LogP contribution is -2.45. The third-order valence-corrected chi connectivity index (χ3v) is 3.67. The summed E-state index contributed by atoms with van der Waals surface area (Å²) in [7, 11) is 0. The van der Waals surface area contributed by atoms with Gasteiger partial charge < -0.3 is 11.1 Å². The van der Waals surface area contributed by atoms with E-state index in [1.54, 1.807) is 11.8 Å². The molecule has 0 radical (unpaired) electrons. The van der Waals surface area contributed by atoms with Crippen LogP contribution in [0.1, 0.15) is 18.9 Å². The molecule has 1 unspecified atom stereocenters. The number of amides is 1. The van der Waals surface area contributed by atoms with E-state index < -0.39 is 6.04 Å². The zero-order valence-electron chi connectivity index (χ0n) is 11.4. The molecule has 19 heavy (non-hydrogen) atoms. The van der Waals surface area contributed by atoms with E-state index in [0.29, 0.717) is 11.4 Å². The van der Waals surface area contributed by atoms with Crippen LogP contribution in [0.2, 0.25) is 5.02 Å². The molecule has 0 fully saturated rings. The molecular formula is C14H21ClN2OS. The normalized spacial score (nSPS) is 13.9. The van der Waals surface area contributed by atoms with Gasteiger partial charge in [-0.2, -0.15) is 11.8 Å². The van der Waals surface area contributed by atoms with Crippen LogP contribution in [0.3, 0.4) is 0 Å². The Labute approximate surface area is 124 Å². The second kappa shape index (κ2) is 8.46. The van der Waals surface area contributed by atoms with Crippen LogP contribution < -0.4 is 11.1 Å². The van der Waals surface area contributed by atoms with Gasteiger partial charge in [0.25, 0.3) is 0 Å². The fraction of sp³-hybridized carbons (Fsp3) is 0.500. The fourth-order valence-electron chi connectivity index (χ4n) is 1.79. The molecule has 1 aromatic rings. The first-order chi connectivity index (χ1) is 9.02. The average molecular weight is 301 g/mol. The Balaban J connectivity index is 2.42. The summed E-state index contributed by atoms with van der Waals surface area (Å²) in [6, 6.07) is 7.30. The quantitative estimate of drug-likeness (QED) is 0.813. The van der Waals surface area contributed by atoms with Gasteiger partial charge in [-0.15, -0.1) is 0 Å².